The number of pyridine rings is 1. The normalized spacial score (nSPS) is 12.2. The molecule has 0 aliphatic rings. The molecule has 2 heterocycles. The molecule has 0 aliphatic carbocycles. The zero-order valence-electron chi connectivity index (χ0n) is 22.3. The Bertz CT molecular complexity index is 1780. The molecule has 10 heteroatoms. The SMILES string of the molecule is CC(=O)c1cc(-c2cccnc2[C@@H](CC(=O)Cn2c(C(F)F)nc3ccccc32)Cc2cc(F)cc(F)c2)ccc1F. The van der Waals surface area contributed by atoms with Gasteiger partial charge in [-0.25, -0.2) is 26.9 Å². The van der Waals surface area contributed by atoms with Gasteiger partial charge in [0.25, 0.3) is 6.43 Å². The number of halogens is 5. The van der Waals surface area contributed by atoms with Gasteiger partial charge in [0.1, 0.15) is 17.5 Å². The van der Waals surface area contributed by atoms with E-state index in [1.807, 2.05) is 0 Å². The molecule has 5 aromatic rings. The lowest BCUT2D eigenvalue weighted by Gasteiger charge is -2.20. The van der Waals surface area contributed by atoms with Crippen LogP contribution in [0, 0.1) is 17.5 Å². The zero-order chi connectivity index (χ0) is 30.0. The summed E-state index contributed by atoms with van der Waals surface area (Å²) in [5.74, 6) is -4.52. The minimum atomic E-state index is -2.92. The molecule has 0 saturated carbocycles. The van der Waals surface area contributed by atoms with Gasteiger partial charge in [-0.3, -0.25) is 14.6 Å². The molecular formula is C32H24F5N3O2. The summed E-state index contributed by atoms with van der Waals surface area (Å²) >= 11 is 0. The number of hydrogen-bond acceptors (Lipinski definition) is 4. The first-order chi connectivity index (χ1) is 20.1. The Morgan fingerprint density at radius 3 is 2.36 bits per heavy atom. The van der Waals surface area contributed by atoms with E-state index in [1.165, 1.54) is 29.8 Å². The van der Waals surface area contributed by atoms with Gasteiger partial charge >= 0.3 is 0 Å². The van der Waals surface area contributed by atoms with Gasteiger partial charge in [0, 0.05) is 30.2 Å². The lowest BCUT2D eigenvalue weighted by atomic mass is 9.86. The van der Waals surface area contributed by atoms with Gasteiger partial charge in [0.15, 0.2) is 17.4 Å². The number of alkyl halides is 2. The van der Waals surface area contributed by atoms with E-state index in [9.17, 15) is 31.5 Å². The quantitative estimate of drug-likeness (QED) is 0.126. The van der Waals surface area contributed by atoms with Crippen molar-refractivity contribution < 1.29 is 31.5 Å². The number of Topliss-reactive ketones (excluding diaryl/α,β-unsaturated/α-hetero) is 2. The molecule has 0 radical (unpaired) electrons. The lowest BCUT2D eigenvalue weighted by Crippen LogP contribution is -2.18. The second-order valence-electron chi connectivity index (χ2n) is 9.95. The molecule has 5 rings (SSSR count). The number of imidazole rings is 1. The van der Waals surface area contributed by atoms with Crippen LogP contribution >= 0.6 is 0 Å². The number of hydrogen-bond donors (Lipinski definition) is 0. The number of aromatic nitrogens is 3. The standard InChI is InChI=1S/C32H24F5N3O2/c1-18(41)26-15-20(8-9-27(26)35)25-5-4-10-38-30(25)21(11-19-12-22(33)16-23(34)13-19)14-24(42)17-40-29-7-3-2-6-28(29)39-32(40)31(36)37/h2-10,12-13,15-16,21,31H,11,14,17H2,1H3/t21-/m1/s1. The van der Waals surface area contributed by atoms with Crippen molar-refractivity contribution >= 4 is 22.6 Å². The third-order valence-electron chi connectivity index (χ3n) is 6.97. The number of benzene rings is 3. The molecule has 214 valence electrons. The monoisotopic (exact) mass is 577 g/mol. The molecule has 2 aromatic heterocycles. The second kappa shape index (κ2) is 12.0. The molecule has 3 aromatic carbocycles. The Morgan fingerprint density at radius 2 is 1.64 bits per heavy atom. The molecule has 0 unspecified atom stereocenters. The van der Waals surface area contributed by atoms with Crippen LogP contribution in [0.2, 0.25) is 0 Å². The summed E-state index contributed by atoms with van der Waals surface area (Å²) in [4.78, 5) is 34.0. The maximum atomic E-state index is 14.3. The third kappa shape index (κ3) is 6.12. The van der Waals surface area contributed by atoms with Crippen molar-refractivity contribution in [3.8, 4) is 11.1 Å². The van der Waals surface area contributed by atoms with E-state index in [1.54, 1.807) is 36.4 Å². The van der Waals surface area contributed by atoms with Crippen LogP contribution in [0.1, 0.15) is 53.1 Å². The Kier molecular flexibility index (Phi) is 8.24. The highest BCUT2D eigenvalue weighted by molar-refractivity contribution is 5.95. The number of rotatable bonds is 10. The van der Waals surface area contributed by atoms with Gasteiger partial charge in [-0.15, -0.1) is 0 Å². The average Bonchev–Trinajstić information content (AvgIpc) is 3.31. The van der Waals surface area contributed by atoms with Gasteiger partial charge in [-0.1, -0.05) is 24.3 Å². The van der Waals surface area contributed by atoms with Crippen molar-refractivity contribution in [3.05, 3.63) is 119 Å². The molecule has 0 amide bonds. The molecule has 0 saturated heterocycles. The maximum Gasteiger partial charge on any atom is 0.295 e. The fourth-order valence-electron chi connectivity index (χ4n) is 5.17. The summed E-state index contributed by atoms with van der Waals surface area (Å²) in [6.45, 7) is 0.821. The van der Waals surface area contributed by atoms with E-state index in [0.29, 0.717) is 27.9 Å². The highest BCUT2D eigenvalue weighted by Gasteiger charge is 2.26. The fraction of sp³-hybridized carbons (Fsp3) is 0.188. The van der Waals surface area contributed by atoms with Gasteiger partial charge in [0.2, 0.25) is 0 Å². The molecular weight excluding hydrogens is 553 g/mol. The Hall–Kier alpha value is -4.73. The van der Waals surface area contributed by atoms with Crippen LogP contribution in [-0.4, -0.2) is 26.1 Å². The Balaban J connectivity index is 1.55. The van der Waals surface area contributed by atoms with Crippen molar-refractivity contribution in [3.63, 3.8) is 0 Å². The minimum Gasteiger partial charge on any atom is -0.316 e. The third-order valence-corrected chi connectivity index (χ3v) is 6.97. The number of para-hydroxylation sites is 2. The number of carbonyl (C=O) groups is 2. The topological polar surface area (TPSA) is 64.8 Å². The Labute approximate surface area is 237 Å². The zero-order valence-corrected chi connectivity index (χ0v) is 22.3. The molecule has 0 bridgehead atoms. The van der Waals surface area contributed by atoms with E-state index in [-0.39, 0.29) is 24.0 Å². The average molecular weight is 578 g/mol. The second-order valence-corrected chi connectivity index (χ2v) is 9.95. The van der Waals surface area contributed by atoms with Crippen LogP contribution < -0.4 is 0 Å². The van der Waals surface area contributed by atoms with Crippen LogP contribution in [0.5, 0.6) is 0 Å². The summed E-state index contributed by atoms with van der Waals surface area (Å²) in [5, 5.41) is 0. The fourth-order valence-corrected chi connectivity index (χ4v) is 5.17. The molecule has 5 nitrogen and oxygen atoms in total. The molecule has 0 spiro atoms. The van der Waals surface area contributed by atoms with Crippen molar-refractivity contribution in [2.24, 2.45) is 0 Å². The van der Waals surface area contributed by atoms with E-state index >= 15 is 0 Å². The summed E-state index contributed by atoms with van der Waals surface area (Å²) in [6.07, 6.45) is -1.68. The smallest absolute Gasteiger partial charge is 0.295 e. The van der Waals surface area contributed by atoms with Gasteiger partial charge in [-0.2, -0.15) is 0 Å². The highest BCUT2D eigenvalue weighted by Crippen LogP contribution is 2.34. The molecule has 0 aliphatic heterocycles. The first kappa shape index (κ1) is 28.8. The van der Waals surface area contributed by atoms with E-state index in [2.05, 4.69) is 9.97 Å². The van der Waals surface area contributed by atoms with Gasteiger partial charge in [0.05, 0.1) is 28.8 Å². The minimum absolute atomic E-state index is 0.0163. The van der Waals surface area contributed by atoms with Gasteiger partial charge in [-0.05, 0) is 66.9 Å². The predicted octanol–water partition coefficient (Wildman–Crippen LogP) is 7.64. The van der Waals surface area contributed by atoms with Crippen molar-refractivity contribution in [1.82, 2.24) is 14.5 Å². The largest absolute Gasteiger partial charge is 0.316 e. The van der Waals surface area contributed by atoms with Crippen molar-refractivity contribution in [2.45, 2.75) is 38.7 Å². The van der Waals surface area contributed by atoms with Crippen molar-refractivity contribution in [1.29, 1.82) is 0 Å². The van der Waals surface area contributed by atoms with E-state index < -0.39 is 53.7 Å². The Morgan fingerprint density at radius 1 is 0.905 bits per heavy atom. The first-order valence-electron chi connectivity index (χ1n) is 13.1. The lowest BCUT2D eigenvalue weighted by molar-refractivity contribution is -0.120. The van der Waals surface area contributed by atoms with E-state index in [4.69, 9.17) is 0 Å². The van der Waals surface area contributed by atoms with Crippen LogP contribution in [0.15, 0.2) is 79.0 Å². The molecule has 0 N–H and O–H groups in total. The molecule has 0 fully saturated rings. The van der Waals surface area contributed by atoms with Gasteiger partial charge < -0.3 is 4.57 Å². The number of nitrogens with zero attached hydrogens (tertiary/aromatic N) is 3. The van der Waals surface area contributed by atoms with Crippen LogP contribution in [-0.2, 0) is 17.8 Å². The molecule has 1 atom stereocenters. The van der Waals surface area contributed by atoms with Crippen molar-refractivity contribution in [2.75, 3.05) is 0 Å². The summed E-state index contributed by atoms with van der Waals surface area (Å²) < 4.78 is 71.3. The van der Waals surface area contributed by atoms with Crippen LogP contribution in [0.4, 0.5) is 22.0 Å². The highest BCUT2D eigenvalue weighted by atomic mass is 19.3. The summed E-state index contributed by atoms with van der Waals surface area (Å²) in [7, 11) is 0. The first-order valence-corrected chi connectivity index (χ1v) is 13.1. The summed E-state index contributed by atoms with van der Waals surface area (Å²) in [6, 6.07) is 16.8. The molecule has 42 heavy (non-hydrogen) atoms. The predicted molar refractivity (Wildman–Crippen MR) is 147 cm³/mol. The van der Waals surface area contributed by atoms with Crippen LogP contribution in [0.25, 0.3) is 22.2 Å². The van der Waals surface area contributed by atoms with E-state index in [0.717, 1.165) is 24.3 Å². The number of carbonyl (C=O) groups excluding carboxylic acids is 2. The van der Waals surface area contributed by atoms with Crippen LogP contribution in [0.3, 0.4) is 0 Å². The summed E-state index contributed by atoms with van der Waals surface area (Å²) in [5.41, 5.74) is 2.11. The number of fused-ring (bicyclic) bond motifs is 1. The maximum absolute atomic E-state index is 14.3. The number of ketones is 2.